The van der Waals surface area contributed by atoms with Crippen LogP contribution >= 0.6 is 11.9 Å². The van der Waals surface area contributed by atoms with E-state index in [9.17, 15) is 4.39 Å². The summed E-state index contributed by atoms with van der Waals surface area (Å²) in [6.07, 6.45) is 4.27. The minimum absolute atomic E-state index is 0.233. The molecular formula is C24H25FN6S2. The zero-order chi connectivity index (χ0) is 22.9. The molecule has 0 amide bonds. The number of nitrogens with zero attached hydrogens (tertiary/aromatic N) is 2. The van der Waals surface area contributed by atoms with E-state index in [-0.39, 0.29) is 5.82 Å². The molecule has 0 saturated heterocycles. The number of benzene rings is 2. The fourth-order valence-corrected chi connectivity index (χ4v) is 5.06. The van der Waals surface area contributed by atoms with Gasteiger partial charge in [-0.3, -0.25) is 9.50 Å². The third kappa shape index (κ3) is 6.78. The van der Waals surface area contributed by atoms with Crippen molar-refractivity contribution in [3.8, 4) is 11.8 Å². The van der Waals surface area contributed by atoms with Crippen LogP contribution in [0.25, 0.3) is 0 Å². The van der Waals surface area contributed by atoms with Crippen LogP contribution < -0.4 is 15.4 Å². The molecule has 1 aliphatic heterocycles. The van der Waals surface area contributed by atoms with Crippen molar-refractivity contribution in [1.29, 1.82) is 4.78 Å². The lowest BCUT2D eigenvalue weighted by Crippen LogP contribution is -2.08. The number of hydrogen-bond donors (Lipinski definition) is 4. The quantitative estimate of drug-likeness (QED) is 0.229. The van der Waals surface area contributed by atoms with E-state index >= 15 is 0 Å². The molecule has 1 aromatic heterocycles. The van der Waals surface area contributed by atoms with Crippen molar-refractivity contribution < 1.29 is 4.39 Å². The number of nitrogens with one attached hydrogen (secondary N) is 4. The molecule has 0 saturated carbocycles. The highest BCUT2D eigenvalue weighted by Crippen LogP contribution is 2.21. The van der Waals surface area contributed by atoms with Crippen molar-refractivity contribution in [2.45, 2.75) is 29.1 Å². The van der Waals surface area contributed by atoms with E-state index in [4.69, 9.17) is 4.78 Å². The Kier molecular flexibility index (Phi) is 8.30. The van der Waals surface area contributed by atoms with Crippen LogP contribution in [-0.4, -0.2) is 28.8 Å². The molecule has 2 aromatic carbocycles. The van der Waals surface area contributed by atoms with E-state index in [1.807, 2.05) is 30.3 Å². The first-order valence-electron chi connectivity index (χ1n) is 10.7. The molecule has 0 fully saturated rings. The van der Waals surface area contributed by atoms with Crippen LogP contribution in [0.3, 0.4) is 0 Å². The Morgan fingerprint density at radius 1 is 1.18 bits per heavy atom. The zero-order valence-corrected chi connectivity index (χ0v) is 19.7. The Morgan fingerprint density at radius 3 is 3.00 bits per heavy atom. The topological polar surface area (TPSA) is 85.7 Å². The van der Waals surface area contributed by atoms with Crippen molar-refractivity contribution in [2.24, 2.45) is 0 Å². The normalized spacial score (nSPS) is 15.5. The minimum atomic E-state index is -0.524. The van der Waals surface area contributed by atoms with Crippen LogP contribution in [-0.2, 0) is 10.7 Å². The van der Waals surface area contributed by atoms with Crippen molar-refractivity contribution in [3.63, 3.8) is 0 Å². The fourth-order valence-electron chi connectivity index (χ4n) is 3.15. The number of rotatable bonds is 4. The van der Waals surface area contributed by atoms with Gasteiger partial charge in [0.2, 0.25) is 5.95 Å². The molecule has 170 valence electrons. The molecule has 4 N–H and O–H groups in total. The van der Waals surface area contributed by atoms with Crippen molar-refractivity contribution in [2.75, 3.05) is 29.5 Å². The van der Waals surface area contributed by atoms with Crippen LogP contribution in [0.1, 0.15) is 24.8 Å². The number of anilines is 3. The van der Waals surface area contributed by atoms with Gasteiger partial charge in [-0.2, -0.15) is 4.98 Å². The summed E-state index contributed by atoms with van der Waals surface area (Å²) < 4.78 is 25.2. The summed E-state index contributed by atoms with van der Waals surface area (Å²) in [5.74, 6) is 8.11. The lowest BCUT2D eigenvalue weighted by atomic mass is 10.2. The predicted molar refractivity (Wildman–Crippen MR) is 134 cm³/mol. The highest BCUT2D eigenvalue weighted by molar-refractivity contribution is 7.97. The monoisotopic (exact) mass is 480 g/mol. The maximum atomic E-state index is 13.6. The average molecular weight is 481 g/mol. The molecule has 9 heteroatoms. The van der Waals surface area contributed by atoms with Gasteiger partial charge in [-0.05, 0) is 55.1 Å². The summed E-state index contributed by atoms with van der Waals surface area (Å²) >= 11 is 1.27. The molecule has 6 nitrogen and oxygen atoms in total. The second-order valence-electron chi connectivity index (χ2n) is 7.32. The number of aromatic nitrogens is 2. The van der Waals surface area contributed by atoms with Crippen LogP contribution in [0.2, 0.25) is 0 Å². The van der Waals surface area contributed by atoms with Crippen molar-refractivity contribution >= 4 is 40.1 Å². The summed E-state index contributed by atoms with van der Waals surface area (Å²) in [6.45, 7) is 1.39. The van der Waals surface area contributed by atoms with E-state index in [1.54, 1.807) is 18.3 Å². The van der Waals surface area contributed by atoms with Crippen LogP contribution in [0.4, 0.5) is 21.8 Å². The number of hydrogen-bond acceptors (Lipinski definition) is 7. The molecule has 1 unspecified atom stereocenters. The van der Waals surface area contributed by atoms with E-state index in [0.717, 1.165) is 41.3 Å². The predicted octanol–water partition coefficient (Wildman–Crippen LogP) is 5.34. The van der Waals surface area contributed by atoms with Gasteiger partial charge in [0.15, 0.2) is 0 Å². The maximum Gasteiger partial charge on any atom is 0.229 e. The first kappa shape index (κ1) is 23.2. The third-order valence-corrected chi connectivity index (χ3v) is 7.24. The average Bonchev–Trinajstić information content (AvgIpc) is 2.83. The molecule has 4 bridgehead atoms. The van der Waals surface area contributed by atoms with Gasteiger partial charge in [0.25, 0.3) is 0 Å². The summed E-state index contributed by atoms with van der Waals surface area (Å²) in [7, 11) is -0.524. The van der Waals surface area contributed by atoms with Crippen molar-refractivity contribution in [3.05, 3.63) is 66.1 Å². The molecule has 0 radical (unpaired) electrons. The molecule has 4 rings (SSSR count). The molecule has 1 atom stereocenters. The first-order valence-corrected chi connectivity index (χ1v) is 12.9. The molecular weight excluding hydrogens is 455 g/mol. The Labute approximate surface area is 200 Å². The van der Waals surface area contributed by atoms with E-state index in [0.29, 0.717) is 29.6 Å². The summed E-state index contributed by atoms with van der Waals surface area (Å²) in [4.78, 5) is 10.7. The highest BCUT2D eigenvalue weighted by Gasteiger charge is 2.09. The van der Waals surface area contributed by atoms with Gasteiger partial charge in [-0.25, -0.2) is 9.37 Å². The molecule has 0 spiro atoms. The molecule has 2 heterocycles. The van der Waals surface area contributed by atoms with E-state index < -0.39 is 10.7 Å². The van der Waals surface area contributed by atoms with E-state index in [1.165, 1.54) is 18.0 Å². The molecule has 1 aliphatic rings. The number of fused-ring (bicyclic) bond motifs is 4. The summed E-state index contributed by atoms with van der Waals surface area (Å²) in [5, 5.41) is 6.62. The van der Waals surface area contributed by atoms with Crippen LogP contribution in [0, 0.1) is 22.4 Å². The van der Waals surface area contributed by atoms with Crippen LogP contribution in [0.5, 0.6) is 0 Å². The Balaban J connectivity index is 1.41. The number of halogens is 1. The second kappa shape index (κ2) is 11.8. The minimum Gasteiger partial charge on any atom is -0.369 e. The summed E-state index contributed by atoms with van der Waals surface area (Å²) in [6, 6.07) is 14.6. The molecule has 33 heavy (non-hydrogen) atoms. The van der Waals surface area contributed by atoms with Crippen molar-refractivity contribution in [1.82, 2.24) is 14.7 Å². The van der Waals surface area contributed by atoms with Gasteiger partial charge < -0.3 is 10.6 Å². The first-order chi connectivity index (χ1) is 16.2. The molecule has 0 aliphatic carbocycles. The second-order valence-corrected chi connectivity index (χ2v) is 9.91. The fraction of sp³-hybridized carbons (Fsp3) is 0.250. The lowest BCUT2D eigenvalue weighted by molar-refractivity contribution is 0.601. The van der Waals surface area contributed by atoms with E-state index in [2.05, 4.69) is 37.2 Å². The summed E-state index contributed by atoms with van der Waals surface area (Å²) in [5.41, 5.74) is 1.62. The Bertz CT molecular complexity index is 1190. The Hall–Kier alpha value is -2.93. The third-order valence-electron chi connectivity index (χ3n) is 4.83. The van der Waals surface area contributed by atoms with Gasteiger partial charge >= 0.3 is 0 Å². The van der Waals surface area contributed by atoms with Gasteiger partial charge in [0, 0.05) is 35.8 Å². The van der Waals surface area contributed by atoms with Crippen LogP contribution in [0.15, 0.2) is 64.5 Å². The lowest BCUT2D eigenvalue weighted by Gasteiger charge is -2.10. The maximum absolute atomic E-state index is 13.6. The van der Waals surface area contributed by atoms with Gasteiger partial charge in [0.05, 0.1) is 16.7 Å². The smallest absolute Gasteiger partial charge is 0.229 e. The van der Waals surface area contributed by atoms with Gasteiger partial charge in [-0.1, -0.05) is 40.7 Å². The van der Waals surface area contributed by atoms with Gasteiger partial charge in [0.1, 0.15) is 11.6 Å². The van der Waals surface area contributed by atoms with Gasteiger partial charge in [-0.15, -0.1) is 0 Å². The largest absolute Gasteiger partial charge is 0.369 e. The molecule has 3 aromatic rings. The highest BCUT2D eigenvalue weighted by atomic mass is 32.2. The standard InChI is InChI=1S/C24H25FN6S2/c25-21-11-1-2-12-22(21)32-29-14-4-3-8-18-17-28-24-30-19-9-7-10-20(16-19)33(26)15-6-5-13-27-23(18)31-24/h1-2,7,9-12,16-17,26,29H,4-6,13-15H2,(H2,27,28,30,31). The SMILES string of the molecule is N=S1CCCCNc2nc(ncc2C#CCCNSc2ccccc2F)Nc2cccc1c2. The zero-order valence-electron chi connectivity index (χ0n) is 18.0. The Morgan fingerprint density at radius 2 is 2.09 bits per heavy atom.